The fourth-order valence-corrected chi connectivity index (χ4v) is 2.35. The number of allylic oxidation sites excluding steroid dienone is 2. The summed E-state index contributed by atoms with van der Waals surface area (Å²) in [5.74, 6) is -0.664. The van der Waals surface area contributed by atoms with Crippen LogP contribution in [0.1, 0.15) is 96.8 Å². The van der Waals surface area contributed by atoms with E-state index >= 15 is 0 Å². The molecule has 0 aromatic heterocycles. The van der Waals surface area contributed by atoms with Gasteiger partial charge in [0.25, 0.3) is 0 Å². The Morgan fingerprint density at radius 1 is 0.680 bits per heavy atom. The first kappa shape index (κ1) is 29.5. The summed E-state index contributed by atoms with van der Waals surface area (Å²) in [5.41, 5.74) is 0. The van der Waals surface area contributed by atoms with E-state index < -0.39 is 12.1 Å². The molecule has 146 valence electrons. The molecule has 0 saturated carbocycles. The zero-order valence-corrected chi connectivity index (χ0v) is 15.2. The molecule has 0 heterocycles. The van der Waals surface area contributed by atoms with E-state index in [1.165, 1.54) is 70.6 Å². The molecule has 0 aliphatic heterocycles. The number of unbranched alkanes of at least 4 members (excludes halogenated alkanes) is 11. The van der Waals surface area contributed by atoms with Crippen molar-refractivity contribution in [3.63, 3.8) is 0 Å². The van der Waals surface area contributed by atoms with Gasteiger partial charge in [-0.15, -0.1) is 0 Å². The molecule has 0 amide bonds. The Morgan fingerprint density at radius 3 is 1.44 bits per heavy atom. The SMILES string of the molecule is CCCCCCCC/C=C\CCCCCCCC(=O)O.O=C(O)O.[CaH2]. The van der Waals surface area contributed by atoms with Crippen LogP contribution in [0.15, 0.2) is 12.2 Å². The van der Waals surface area contributed by atoms with Crippen LogP contribution in [0.4, 0.5) is 4.79 Å². The van der Waals surface area contributed by atoms with Crippen LogP contribution < -0.4 is 0 Å². The summed E-state index contributed by atoms with van der Waals surface area (Å²) >= 11 is 0. The molecule has 0 aliphatic carbocycles. The Morgan fingerprint density at radius 2 is 1.04 bits per heavy atom. The van der Waals surface area contributed by atoms with Crippen LogP contribution >= 0.6 is 0 Å². The van der Waals surface area contributed by atoms with Gasteiger partial charge in [0.1, 0.15) is 0 Å². The van der Waals surface area contributed by atoms with Crippen LogP contribution in [-0.2, 0) is 4.79 Å². The van der Waals surface area contributed by atoms with Crippen LogP contribution in [0.3, 0.4) is 0 Å². The van der Waals surface area contributed by atoms with Crippen molar-refractivity contribution in [3.05, 3.63) is 12.2 Å². The number of hydrogen-bond donors (Lipinski definition) is 3. The number of carbonyl (C=O) groups is 2. The number of hydrogen-bond acceptors (Lipinski definition) is 2. The maximum atomic E-state index is 10.3. The second-order valence-electron chi connectivity index (χ2n) is 6.01. The van der Waals surface area contributed by atoms with E-state index in [2.05, 4.69) is 19.1 Å². The van der Waals surface area contributed by atoms with E-state index in [1.807, 2.05) is 0 Å². The molecule has 0 aromatic carbocycles. The van der Waals surface area contributed by atoms with E-state index in [0.29, 0.717) is 6.42 Å². The Hall–Kier alpha value is -0.260. The van der Waals surface area contributed by atoms with Crippen molar-refractivity contribution in [3.8, 4) is 0 Å². The Balaban J connectivity index is -0.000000867. The fourth-order valence-electron chi connectivity index (χ4n) is 2.35. The van der Waals surface area contributed by atoms with Gasteiger partial charge in [-0.05, 0) is 32.1 Å². The maximum absolute atomic E-state index is 10.3. The van der Waals surface area contributed by atoms with Crippen molar-refractivity contribution in [2.75, 3.05) is 0 Å². The van der Waals surface area contributed by atoms with Gasteiger partial charge in [0.2, 0.25) is 0 Å². The average Bonchev–Trinajstić information content (AvgIpc) is 2.50. The summed E-state index contributed by atoms with van der Waals surface area (Å²) in [6.45, 7) is 2.26. The van der Waals surface area contributed by atoms with Gasteiger partial charge in [-0.1, -0.05) is 70.4 Å². The van der Waals surface area contributed by atoms with Crippen molar-refractivity contribution in [2.45, 2.75) is 96.8 Å². The van der Waals surface area contributed by atoms with Crippen LogP contribution in [-0.4, -0.2) is 65.2 Å². The van der Waals surface area contributed by atoms with E-state index in [0.717, 1.165) is 12.8 Å². The van der Waals surface area contributed by atoms with Crippen molar-refractivity contribution in [1.29, 1.82) is 0 Å². The molecule has 0 saturated heterocycles. The van der Waals surface area contributed by atoms with Crippen molar-refractivity contribution >= 4 is 49.9 Å². The molecule has 6 heteroatoms. The number of carboxylic acid groups (broad SMARTS) is 3. The third-order valence-corrected chi connectivity index (χ3v) is 3.65. The zero-order chi connectivity index (χ0) is 18.5. The van der Waals surface area contributed by atoms with Gasteiger partial charge in [0, 0.05) is 6.42 Å². The standard InChI is InChI=1S/C18H34O2.CH2O3.Ca.2H/c1-2-3-4-5-6-7-8-9-10-11-12-13-14-15-16-17-18(19)20;2-1(3)4;;;/h9-10H,2-8,11-17H2,1H3,(H,19,20);(H2,2,3,4);;;/b10-9-;;;;. The quantitative estimate of drug-likeness (QED) is 0.198. The molecule has 0 atom stereocenters. The molecule has 5 nitrogen and oxygen atoms in total. The first-order valence-electron chi connectivity index (χ1n) is 9.29. The van der Waals surface area contributed by atoms with Gasteiger partial charge in [-0.25, -0.2) is 4.79 Å². The first-order chi connectivity index (χ1) is 11.5. The van der Waals surface area contributed by atoms with Crippen LogP contribution in [0.5, 0.6) is 0 Å². The molecule has 3 N–H and O–H groups in total. The minimum atomic E-state index is -1.83. The van der Waals surface area contributed by atoms with E-state index in [-0.39, 0.29) is 37.7 Å². The number of aliphatic carboxylic acids is 1. The Labute approximate surface area is 182 Å². The third kappa shape index (κ3) is 40.0. The number of carboxylic acids is 1. The summed E-state index contributed by atoms with van der Waals surface area (Å²) in [7, 11) is 0. The van der Waals surface area contributed by atoms with E-state index in [4.69, 9.17) is 20.1 Å². The molecule has 0 radical (unpaired) electrons. The van der Waals surface area contributed by atoms with Crippen LogP contribution in [0.2, 0.25) is 0 Å². The summed E-state index contributed by atoms with van der Waals surface area (Å²) in [5, 5.41) is 22.5. The van der Waals surface area contributed by atoms with Gasteiger partial charge in [0.05, 0.1) is 0 Å². The zero-order valence-electron chi connectivity index (χ0n) is 15.2. The third-order valence-electron chi connectivity index (χ3n) is 3.65. The van der Waals surface area contributed by atoms with Crippen molar-refractivity contribution in [2.24, 2.45) is 0 Å². The van der Waals surface area contributed by atoms with Gasteiger partial charge in [-0.2, -0.15) is 0 Å². The van der Waals surface area contributed by atoms with Crippen molar-refractivity contribution < 1.29 is 24.9 Å². The van der Waals surface area contributed by atoms with E-state index in [9.17, 15) is 4.79 Å². The minimum absolute atomic E-state index is 0. The topological polar surface area (TPSA) is 94.8 Å². The monoisotopic (exact) mass is 386 g/mol. The molecular formula is C19H38CaO5. The predicted octanol–water partition coefficient (Wildman–Crippen LogP) is 5.41. The molecule has 0 rings (SSSR count). The molecule has 0 unspecified atom stereocenters. The molecule has 0 aliphatic rings. The summed E-state index contributed by atoms with van der Waals surface area (Å²) < 4.78 is 0. The van der Waals surface area contributed by atoms with Gasteiger partial charge < -0.3 is 15.3 Å². The summed E-state index contributed by atoms with van der Waals surface area (Å²) in [6, 6.07) is 0. The van der Waals surface area contributed by atoms with E-state index in [1.54, 1.807) is 0 Å². The molecule has 0 aromatic rings. The first-order valence-corrected chi connectivity index (χ1v) is 9.29. The van der Waals surface area contributed by atoms with Gasteiger partial charge >= 0.3 is 49.9 Å². The van der Waals surface area contributed by atoms with Gasteiger partial charge in [0.15, 0.2) is 0 Å². The molecule has 0 spiro atoms. The molecular weight excluding hydrogens is 348 g/mol. The second-order valence-corrected chi connectivity index (χ2v) is 6.01. The van der Waals surface area contributed by atoms with Gasteiger partial charge in [-0.3, -0.25) is 4.79 Å². The average molecular weight is 387 g/mol. The van der Waals surface area contributed by atoms with Crippen LogP contribution in [0, 0.1) is 0 Å². The summed E-state index contributed by atoms with van der Waals surface area (Å²) in [4.78, 5) is 18.9. The molecule has 0 bridgehead atoms. The molecule has 0 fully saturated rings. The van der Waals surface area contributed by atoms with Crippen molar-refractivity contribution in [1.82, 2.24) is 0 Å². The van der Waals surface area contributed by atoms with Crippen LogP contribution in [0.25, 0.3) is 0 Å². The second kappa shape index (κ2) is 26.0. The Kier molecular flexibility index (Phi) is 30.7. The normalized spacial score (nSPS) is 9.96. The number of rotatable bonds is 15. The predicted molar refractivity (Wildman–Crippen MR) is 106 cm³/mol. The molecule has 25 heavy (non-hydrogen) atoms. The summed E-state index contributed by atoms with van der Waals surface area (Å²) in [6.07, 6.45) is 19.4. The fraction of sp³-hybridized carbons (Fsp3) is 0.789. The Bertz CT molecular complexity index is 315.